The second-order valence-electron chi connectivity index (χ2n) is 20.2. The van der Waals surface area contributed by atoms with Gasteiger partial charge in [0.05, 0.1) is 29.9 Å². The van der Waals surface area contributed by atoms with Gasteiger partial charge in [0.1, 0.15) is 6.04 Å². The molecule has 2 heterocycles. The zero-order valence-corrected chi connectivity index (χ0v) is 38.8. The van der Waals surface area contributed by atoms with E-state index in [2.05, 4.69) is 67.9 Å². The van der Waals surface area contributed by atoms with Gasteiger partial charge in [0.15, 0.2) is 17.3 Å². The van der Waals surface area contributed by atoms with Crippen molar-refractivity contribution in [2.75, 3.05) is 13.1 Å². The Balaban J connectivity index is 0.965. The Kier molecular flexibility index (Phi) is 16.3. The van der Waals surface area contributed by atoms with E-state index in [0.29, 0.717) is 56.2 Å². The van der Waals surface area contributed by atoms with E-state index in [4.69, 9.17) is 15.0 Å². The number of ketones is 3. The minimum Gasteiger partial charge on any atom is -0.405 e. The molecule has 5 aliphatic rings. The molecule has 5 fully saturated rings. The third-order valence-corrected chi connectivity index (χ3v) is 15.0. The van der Waals surface area contributed by atoms with Crippen molar-refractivity contribution in [2.24, 2.45) is 34.8 Å². The van der Waals surface area contributed by atoms with Crippen molar-refractivity contribution >= 4 is 36.3 Å². The standard InChI is InChI=1S/C50H73BN4O8/c1-8-9-12-33-14-16-35(17-15-33)36-18-20-37(21-19-36)41(57)26-34-25-40(53-29-34)48(61)55-46(32(4)56)43(59)23-30(2)47(60)54-39(13-10-11-22-52)42(58)24-31(3)51-62-45-28-38-27-44(49(38,5)6)50(45,7)63-51/h14-21,30-32,34,38-40,44-46,53,56H,8-13,22-29,52H2,1-7H3,(H,54,60)(H,55,61)/t30-,31-,32-,34+,38+,39+,40+,44+,45?,46+,50+/m1/s1. The van der Waals surface area contributed by atoms with Crippen LogP contribution in [0.2, 0.25) is 5.82 Å². The maximum atomic E-state index is 13.8. The average Bonchev–Trinajstić information content (AvgIpc) is 3.88. The number of amides is 2. The minimum atomic E-state index is -1.24. The first-order chi connectivity index (χ1) is 29.9. The van der Waals surface area contributed by atoms with Crippen LogP contribution in [-0.4, -0.2) is 90.4 Å². The number of hydrogen-bond donors (Lipinski definition) is 5. The topological polar surface area (TPSA) is 186 Å². The molecule has 63 heavy (non-hydrogen) atoms. The molecule has 0 aromatic heterocycles. The summed E-state index contributed by atoms with van der Waals surface area (Å²) in [4.78, 5) is 67.7. The molecule has 13 heteroatoms. The number of nitrogens with two attached hydrogens (primary N) is 1. The van der Waals surface area contributed by atoms with Gasteiger partial charge in [-0.3, -0.25) is 24.0 Å². The quantitative estimate of drug-likeness (QED) is 0.0476. The molecule has 1 unspecified atom stereocenters. The number of carbonyl (C=O) groups is 5. The second-order valence-corrected chi connectivity index (χ2v) is 20.2. The number of aliphatic hydroxyl groups excluding tert-OH is 1. The van der Waals surface area contributed by atoms with Crippen molar-refractivity contribution < 1.29 is 38.4 Å². The predicted molar refractivity (Wildman–Crippen MR) is 246 cm³/mol. The van der Waals surface area contributed by atoms with E-state index < -0.39 is 54.9 Å². The van der Waals surface area contributed by atoms with Gasteiger partial charge < -0.3 is 36.1 Å². The number of rotatable bonds is 23. The third-order valence-electron chi connectivity index (χ3n) is 15.0. The van der Waals surface area contributed by atoms with Gasteiger partial charge in [-0.15, -0.1) is 0 Å². The summed E-state index contributed by atoms with van der Waals surface area (Å²) in [5.74, 6) is -1.65. The molecule has 2 bridgehead atoms. The van der Waals surface area contributed by atoms with Crippen molar-refractivity contribution in [1.82, 2.24) is 16.0 Å². The van der Waals surface area contributed by atoms with Crippen LogP contribution in [-0.2, 0) is 34.9 Å². The van der Waals surface area contributed by atoms with Gasteiger partial charge in [-0.1, -0.05) is 89.6 Å². The number of aryl methyl sites for hydroxylation is 1. The van der Waals surface area contributed by atoms with E-state index in [9.17, 15) is 29.1 Å². The summed E-state index contributed by atoms with van der Waals surface area (Å²) in [5, 5.41) is 19.4. The number of benzene rings is 2. The molecule has 344 valence electrons. The zero-order valence-electron chi connectivity index (χ0n) is 38.8. The van der Waals surface area contributed by atoms with Gasteiger partial charge >= 0.3 is 7.12 Å². The summed E-state index contributed by atoms with van der Waals surface area (Å²) < 4.78 is 13.1. The number of carbonyl (C=O) groups excluding carboxylic acids is 5. The molecule has 12 nitrogen and oxygen atoms in total. The molecule has 2 amide bonds. The average molecular weight is 869 g/mol. The summed E-state index contributed by atoms with van der Waals surface area (Å²) in [5.41, 5.74) is 9.66. The highest BCUT2D eigenvalue weighted by Crippen LogP contribution is 2.66. The highest BCUT2D eigenvalue weighted by atomic mass is 16.7. The summed E-state index contributed by atoms with van der Waals surface area (Å²) in [6.45, 7) is 14.9. The van der Waals surface area contributed by atoms with Crippen LogP contribution >= 0.6 is 0 Å². The molecule has 2 aromatic rings. The Hall–Kier alpha value is -3.75. The van der Waals surface area contributed by atoms with Crippen molar-refractivity contribution in [3.63, 3.8) is 0 Å². The van der Waals surface area contributed by atoms with Crippen LogP contribution in [0.3, 0.4) is 0 Å². The Morgan fingerprint density at radius 2 is 1.57 bits per heavy atom. The van der Waals surface area contributed by atoms with Gasteiger partial charge in [-0.05, 0) is 124 Å². The Morgan fingerprint density at radius 3 is 2.21 bits per heavy atom. The van der Waals surface area contributed by atoms with E-state index in [1.165, 1.54) is 12.5 Å². The Morgan fingerprint density at radius 1 is 0.889 bits per heavy atom. The molecule has 0 spiro atoms. The molecule has 3 saturated carbocycles. The van der Waals surface area contributed by atoms with Crippen LogP contribution in [0.5, 0.6) is 0 Å². The first kappa shape index (κ1) is 48.7. The number of unbranched alkanes of at least 4 members (excludes halogenated alkanes) is 2. The largest absolute Gasteiger partial charge is 0.461 e. The van der Waals surface area contributed by atoms with Crippen LogP contribution in [0.25, 0.3) is 11.1 Å². The van der Waals surface area contributed by atoms with Crippen molar-refractivity contribution in [3.8, 4) is 11.1 Å². The van der Waals surface area contributed by atoms with Crippen LogP contribution in [0, 0.1) is 29.1 Å². The lowest BCUT2D eigenvalue weighted by Gasteiger charge is -2.64. The van der Waals surface area contributed by atoms with Gasteiger partial charge in [0, 0.05) is 30.7 Å². The monoisotopic (exact) mass is 869 g/mol. The van der Waals surface area contributed by atoms with Crippen molar-refractivity contribution in [1.29, 1.82) is 0 Å². The SMILES string of the molecule is CCCCc1ccc(-c2ccc(C(=O)C[C@H]3CN[C@H](C(=O)N[C@H](C(=O)C[C@@H](C)C(=O)N[C@@H](CCCCN)C(=O)C[C@@H](C)B4OC5C[C@@H]6C[C@@H](C6(C)C)[C@]5(C)O4)[C@@H](C)O)C3)cc2)cc1. The second kappa shape index (κ2) is 21.0. The molecule has 2 aliphatic heterocycles. The Bertz CT molecular complexity index is 1920. The van der Waals surface area contributed by atoms with Crippen LogP contribution in [0.15, 0.2) is 48.5 Å². The van der Waals surface area contributed by atoms with E-state index in [0.717, 1.165) is 43.2 Å². The molecule has 7 rings (SSSR count). The fourth-order valence-corrected chi connectivity index (χ4v) is 10.7. The molecule has 2 aromatic carbocycles. The van der Waals surface area contributed by atoms with Gasteiger partial charge in [0.2, 0.25) is 11.8 Å². The maximum Gasteiger partial charge on any atom is 0.461 e. The maximum absolute atomic E-state index is 13.8. The number of aliphatic hydroxyl groups is 1. The van der Waals surface area contributed by atoms with E-state index >= 15 is 0 Å². The molecule has 2 saturated heterocycles. The van der Waals surface area contributed by atoms with Gasteiger partial charge in [-0.25, -0.2) is 0 Å². The molecular formula is C50H73BN4O8. The lowest BCUT2D eigenvalue weighted by molar-refractivity contribution is -0.199. The number of nitrogens with one attached hydrogen (secondary N) is 3. The lowest BCUT2D eigenvalue weighted by atomic mass is 9.43. The van der Waals surface area contributed by atoms with Crippen LogP contribution < -0.4 is 21.7 Å². The molecule has 11 atom stereocenters. The molecule has 6 N–H and O–H groups in total. The smallest absolute Gasteiger partial charge is 0.405 e. The highest BCUT2D eigenvalue weighted by Gasteiger charge is 2.68. The van der Waals surface area contributed by atoms with E-state index in [1.807, 2.05) is 31.2 Å². The van der Waals surface area contributed by atoms with Crippen molar-refractivity contribution in [2.45, 2.75) is 167 Å². The summed E-state index contributed by atoms with van der Waals surface area (Å²) in [6.07, 6.45) is 6.61. The fraction of sp³-hybridized carbons (Fsp3) is 0.660. The van der Waals surface area contributed by atoms with Gasteiger partial charge in [0.25, 0.3) is 0 Å². The molecule has 3 aliphatic carbocycles. The van der Waals surface area contributed by atoms with Gasteiger partial charge in [-0.2, -0.15) is 0 Å². The highest BCUT2D eigenvalue weighted by molar-refractivity contribution is 6.47. The minimum absolute atomic E-state index is 0.00415. The number of Topliss-reactive ketones (excluding diaryl/α,β-unsaturated/α-hetero) is 3. The third kappa shape index (κ3) is 11.4. The van der Waals surface area contributed by atoms with E-state index in [-0.39, 0.29) is 59.7 Å². The lowest BCUT2D eigenvalue weighted by Crippen LogP contribution is -2.65. The van der Waals surface area contributed by atoms with Crippen molar-refractivity contribution in [3.05, 3.63) is 59.7 Å². The first-order valence-corrected chi connectivity index (χ1v) is 23.8. The number of hydrogen-bond acceptors (Lipinski definition) is 10. The van der Waals surface area contributed by atoms with Crippen LogP contribution in [0.1, 0.15) is 135 Å². The molecule has 0 radical (unpaired) electrons. The summed E-state index contributed by atoms with van der Waals surface area (Å²) >= 11 is 0. The summed E-state index contributed by atoms with van der Waals surface area (Å²) in [7, 11) is -0.510. The van der Waals surface area contributed by atoms with E-state index in [1.54, 1.807) is 6.92 Å². The van der Waals surface area contributed by atoms with Crippen LogP contribution in [0.4, 0.5) is 0 Å². The zero-order chi connectivity index (χ0) is 45.6. The normalized spacial score (nSPS) is 27.0. The predicted octanol–water partition coefficient (Wildman–Crippen LogP) is 6.40. The summed E-state index contributed by atoms with van der Waals surface area (Å²) in [6, 6.07) is 13.5. The fourth-order valence-electron chi connectivity index (χ4n) is 10.7. The molecular weight excluding hydrogens is 795 g/mol. The Labute approximate surface area is 375 Å². The first-order valence-electron chi connectivity index (χ1n) is 23.8.